The Morgan fingerprint density at radius 2 is 0.619 bits per heavy atom. The second-order valence-electron chi connectivity index (χ2n) is 17.7. The third kappa shape index (κ3) is 15.1. The average molecular weight is 843 g/mol. The summed E-state index contributed by atoms with van der Waals surface area (Å²) in [6, 6.07) is 35.4. The Morgan fingerprint density at radius 3 is 0.937 bits per heavy atom. The Morgan fingerprint density at radius 1 is 0.317 bits per heavy atom. The molecule has 332 valence electrons. The number of unbranched alkanes of at least 4 members (excludes halogenated alkanes) is 12. The Kier molecular flexibility index (Phi) is 20.0. The van der Waals surface area contributed by atoms with E-state index in [0.29, 0.717) is 0 Å². The highest BCUT2D eigenvalue weighted by Crippen LogP contribution is 2.37. The molecule has 0 radical (unpaired) electrons. The van der Waals surface area contributed by atoms with Gasteiger partial charge in [-0.25, -0.2) is 19.9 Å². The largest absolute Gasteiger partial charge is 0.356 e. The quantitative estimate of drug-likeness (QED) is 0.0461. The molecule has 0 aliphatic carbocycles. The molecule has 0 aliphatic rings. The van der Waals surface area contributed by atoms with Crippen LogP contribution in [0.25, 0.3) is 22.8 Å². The van der Waals surface area contributed by atoms with Gasteiger partial charge in [-0.2, -0.15) is 0 Å². The second kappa shape index (κ2) is 26.6. The Hall–Kier alpha value is -5.00. The van der Waals surface area contributed by atoms with Crippen molar-refractivity contribution < 1.29 is 4.74 Å². The lowest BCUT2D eigenvalue weighted by atomic mass is 9.95. The summed E-state index contributed by atoms with van der Waals surface area (Å²) >= 11 is 0. The minimum atomic E-state index is -0.313. The molecule has 5 heteroatoms. The average Bonchev–Trinajstić information content (AvgIpc) is 3.33. The number of benzene rings is 4. The van der Waals surface area contributed by atoms with Crippen LogP contribution in [0.5, 0.6) is 0 Å². The van der Waals surface area contributed by atoms with E-state index in [9.17, 15) is 0 Å². The number of aryl methyl sites for hydroxylation is 4. The minimum Gasteiger partial charge on any atom is -0.356 e. The third-order valence-electron chi connectivity index (χ3n) is 12.4. The molecular weight excluding hydrogens is 769 g/mol. The highest BCUT2D eigenvalue weighted by atomic mass is 16.5. The molecule has 6 rings (SSSR count). The van der Waals surface area contributed by atoms with Gasteiger partial charge in [0.25, 0.3) is 0 Å². The second-order valence-corrected chi connectivity index (χ2v) is 17.7. The van der Waals surface area contributed by atoms with Crippen molar-refractivity contribution in [1.29, 1.82) is 0 Å². The number of aromatic nitrogens is 4. The van der Waals surface area contributed by atoms with E-state index in [1.54, 1.807) is 0 Å². The van der Waals surface area contributed by atoms with Gasteiger partial charge in [-0.15, -0.1) is 0 Å². The Labute approximate surface area is 380 Å². The number of ether oxygens (including phenoxy) is 1. The molecule has 0 spiro atoms. The molecule has 5 nitrogen and oxygen atoms in total. The lowest BCUT2D eigenvalue weighted by Crippen LogP contribution is -2.14. The predicted molar refractivity (Wildman–Crippen MR) is 264 cm³/mol. The monoisotopic (exact) mass is 843 g/mol. The molecule has 4 aromatic carbocycles. The van der Waals surface area contributed by atoms with E-state index in [2.05, 4.69) is 125 Å². The molecule has 0 fully saturated rings. The summed E-state index contributed by atoms with van der Waals surface area (Å²) in [4.78, 5) is 19.2. The maximum atomic E-state index is 7.40. The third-order valence-corrected chi connectivity index (χ3v) is 12.4. The smallest absolute Gasteiger partial charge is 0.159 e. The molecule has 0 amide bonds. The number of hydrogen-bond donors (Lipinski definition) is 0. The molecule has 2 atom stereocenters. The van der Waals surface area contributed by atoms with Crippen molar-refractivity contribution in [2.45, 2.75) is 168 Å². The molecule has 2 aromatic heterocycles. The van der Waals surface area contributed by atoms with Gasteiger partial charge in [0.15, 0.2) is 11.6 Å². The van der Waals surface area contributed by atoms with Gasteiger partial charge < -0.3 is 4.74 Å². The SMILES string of the molecule is CCCCCCCCCc1cnc(-c2ccc(C(OC(c3ccc(CCC)cc3)c3ccc(-c4ncc(CCCCCCCCC)cn4)cc3)c3ccc(CCC)cc3)cc2)nc1. The summed E-state index contributed by atoms with van der Waals surface area (Å²) in [7, 11) is 0. The first-order chi connectivity index (χ1) is 31.1. The van der Waals surface area contributed by atoms with Crippen LogP contribution in [0.1, 0.15) is 187 Å². The van der Waals surface area contributed by atoms with Crippen molar-refractivity contribution in [3.05, 3.63) is 166 Å². The van der Waals surface area contributed by atoms with Crippen LogP contribution in [-0.4, -0.2) is 19.9 Å². The maximum Gasteiger partial charge on any atom is 0.159 e. The fraction of sp³-hybridized carbons (Fsp3) is 0.448. The first-order valence-corrected chi connectivity index (χ1v) is 24.7. The van der Waals surface area contributed by atoms with Crippen molar-refractivity contribution in [3.63, 3.8) is 0 Å². The number of nitrogens with zero attached hydrogens (tertiary/aromatic N) is 4. The lowest BCUT2D eigenvalue weighted by molar-refractivity contribution is 0.0308. The van der Waals surface area contributed by atoms with Gasteiger partial charge >= 0.3 is 0 Å². The van der Waals surface area contributed by atoms with Gasteiger partial charge in [0.1, 0.15) is 12.2 Å². The van der Waals surface area contributed by atoms with Crippen molar-refractivity contribution in [1.82, 2.24) is 19.9 Å². The summed E-state index contributed by atoms with van der Waals surface area (Å²) in [6.45, 7) is 9.01. The molecule has 6 aromatic rings. The standard InChI is InChI=1S/C58H74N4O/c1-5-9-11-13-15-17-19-23-47-41-59-57(60-42-47)53-37-33-51(34-38-53)55(49-29-25-45(21-7-3)26-30-49)63-56(50-31-27-46(22-8-4)28-32-50)52-35-39-54(40-36-52)58-61-43-48(44-62-58)24-20-18-16-14-12-10-6-2/h25-44,55-56H,5-24H2,1-4H3. The maximum absolute atomic E-state index is 7.40. The van der Waals surface area contributed by atoms with Crippen LogP contribution in [0, 0.1) is 0 Å². The molecule has 0 saturated heterocycles. The zero-order chi connectivity index (χ0) is 43.9. The van der Waals surface area contributed by atoms with E-state index in [1.807, 2.05) is 24.8 Å². The number of hydrogen-bond acceptors (Lipinski definition) is 5. The summed E-state index contributed by atoms with van der Waals surface area (Å²) in [5.41, 5.74) is 11.6. The molecule has 0 saturated carbocycles. The van der Waals surface area contributed by atoms with Gasteiger partial charge in [0.05, 0.1) is 0 Å². The van der Waals surface area contributed by atoms with Crippen molar-refractivity contribution in [2.75, 3.05) is 0 Å². The van der Waals surface area contributed by atoms with Crippen molar-refractivity contribution >= 4 is 0 Å². The fourth-order valence-corrected chi connectivity index (χ4v) is 8.58. The van der Waals surface area contributed by atoms with Gasteiger partial charge in [-0.1, -0.05) is 215 Å². The first-order valence-electron chi connectivity index (χ1n) is 24.7. The summed E-state index contributed by atoms with van der Waals surface area (Å²) < 4.78 is 7.40. The highest BCUT2D eigenvalue weighted by molar-refractivity contribution is 5.57. The molecule has 0 N–H and O–H groups in total. The minimum absolute atomic E-state index is 0.313. The van der Waals surface area contributed by atoms with Crippen LogP contribution < -0.4 is 0 Å². The van der Waals surface area contributed by atoms with E-state index >= 15 is 0 Å². The van der Waals surface area contributed by atoms with E-state index in [1.165, 1.54) is 112 Å². The van der Waals surface area contributed by atoms with Crippen LogP contribution in [0.15, 0.2) is 122 Å². The van der Waals surface area contributed by atoms with E-state index in [-0.39, 0.29) is 12.2 Å². The zero-order valence-corrected chi connectivity index (χ0v) is 39.0. The van der Waals surface area contributed by atoms with E-state index < -0.39 is 0 Å². The van der Waals surface area contributed by atoms with E-state index in [0.717, 1.165) is 83.6 Å². The van der Waals surface area contributed by atoms with Crippen molar-refractivity contribution in [3.8, 4) is 22.8 Å². The summed E-state index contributed by atoms with van der Waals surface area (Å²) in [5, 5.41) is 0. The first kappa shape index (κ1) is 47.5. The van der Waals surface area contributed by atoms with Crippen LogP contribution >= 0.6 is 0 Å². The van der Waals surface area contributed by atoms with Crippen LogP contribution in [0.4, 0.5) is 0 Å². The Bertz CT molecular complexity index is 1970. The predicted octanol–water partition coefficient (Wildman–Crippen LogP) is 16.0. The normalized spacial score (nSPS) is 12.4. The summed E-state index contributed by atoms with van der Waals surface area (Å²) in [6.07, 6.45) is 32.1. The fourth-order valence-electron chi connectivity index (χ4n) is 8.58. The topological polar surface area (TPSA) is 60.8 Å². The summed E-state index contributed by atoms with van der Waals surface area (Å²) in [5.74, 6) is 1.51. The molecule has 2 unspecified atom stereocenters. The Balaban J connectivity index is 1.21. The molecule has 2 heterocycles. The number of rotatable bonds is 28. The van der Waals surface area contributed by atoms with Crippen LogP contribution in [0.2, 0.25) is 0 Å². The highest BCUT2D eigenvalue weighted by Gasteiger charge is 2.24. The zero-order valence-electron chi connectivity index (χ0n) is 39.0. The van der Waals surface area contributed by atoms with Gasteiger partial charge in [0, 0.05) is 35.9 Å². The van der Waals surface area contributed by atoms with Gasteiger partial charge in [-0.05, 0) is 83.0 Å². The molecule has 0 aliphatic heterocycles. The van der Waals surface area contributed by atoms with Crippen LogP contribution in [-0.2, 0) is 30.4 Å². The van der Waals surface area contributed by atoms with Gasteiger partial charge in [-0.3, -0.25) is 0 Å². The van der Waals surface area contributed by atoms with Crippen LogP contribution in [0.3, 0.4) is 0 Å². The molecule has 0 bridgehead atoms. The van der Waals surface area contributed by atoms with Gasteiger partial charge in [0.2, 0.25) is 0 Å². The lowest BCUT2D eigenvalue weighted by Gasteiger charge is -2.27. The molecular formula is C58H74N4O. The molecule has 63 heavy (non-hydrogen) atoms. The van der Waals surface area contributed by atoms with Crippen molar-refractivity contribution in [2.24, 2.45) is 0 Å². The van der Waals surface area contributed by atoms with E-state index in [4.69, 9.17) is 24.7 Å².